The number of nitrogens with two attached hydrogens (primary N) is 1. The van der Waals surface area contributed by atoms with E-state index >= 15 is 0 Å². The van der Waals surface area contributed by atoms with Crippen molar-refractivity contribution in [2.45, 2.75) is 19.4 Å². The number of carbonyl (C=O) groups is 1. The highest BCUT2D eigenvalue weighted by Crippen LogP contribution is 2.21. The molecule has 0 radical (unpaired) electrons. The number of urea groups is 1. The van der Waals surface area contributed by atoms with Gasteiger partial charge in [0.15, 0.2) is 0 Å². The van der Waals surface area contributed by atoms with E-state index in [1.165, 1.54) is 4.90 Å². The van der Waals surface area contributed by atoms with Crippen LogP contribution in [-0.2, 0) is 0 Å². The Morgan fingerprint density at radius 2 is 2.33 bits per heavy atom. The summed E-state index contributed by atoms with van der Waals surface area (Å²) < 4.78 is 0. The highest BCUT2D eigenvalue weighted by molar-refractivity contribution is 6.05. The molecule has 64 valence electrons. The van der Waals surface area contributed by atoms with E-state index in [4.69, 9.17) is 12.2 Å². The second-order valence-electron chi connectivity index (χ2n) is 3.13. The van der Waals surface area contributed by atoms with Gasteiger partial charge in [-0.15, -0.1) is 6.42 Å². The van der Waals surface area contributed by atoms with E-state index in [1.54, 1.807) is 0 Å². The lowest BCUT2D eigenvalue weighted by Crippen LogP contribution is -2.49. The van der Waals surface area contributed by atoms with E-state index in [9.17, 15) is 4.79 Å². The number of terminal acetylenes is 1. The van der Waals surface area contributed by atoms with Gasteiger partial charge in [-0.3, -0.25) is 4.90 Å². The fourth-order valence-electron chi connectivity index (χ4n) is 1.03. The summed E-state index contributed by atoms with van der Waals surface area (Å²) in [6.45, 7) is 3.87. The van der Waals surface area contributed by atoms with Gasteiger partial charge in [0.05, 0.1) is 12.1 Å². The molecule has 1 aliphatic rings. The number of hydrogen-bond donors (Lipinski definition) is 1. The Balaban J connectivity index is 2.94. The molecule has 0 fully saturated rings. The molecule has 2 N–H and O–H groups in total. The molecule has 0 aromatic rings. The van der Waals surface area contributed by atoms with E-state index in [1.807, 2.05) is 13.8 Å². The van der Waals surface area contributed by atoms with Gasteiger partial charge < -0.3 is 5.73 Å². The number of carbonyl (C=O) groups excluding carboxylic acids is 1. The van der Waals surface area contributed by atoms with Crippen molar-refractivity contribution in [3.63, 3.8) is 0 Å². The molecule has 1 aliphatic heterocycles. The first-order valence-corrected chi connectivity index (χ1v) is 3.60. The number of amidine groups is 1. The van der Waals surface area contributed by atoms with Crippen molar-refractivity contribution < 1.29 is 4.79 Å². The Labute approximate surface area is 71.4 Å². The van der Waals surface area contributed by atoms with Crippen molar-refractivity contribution in [3.8, 4) is 12.3 Å². The van der Waals surface area contributed by atoms with E-state index in [0.29, 0.717) is 5.84 Å². The summed E-state index contributed by atoms with van der Waals surface area (Å²) in [4.78, 5) is 16.2. The molecule has 0 spiro atoms. The molecule has 1 heterocycles. The Kier molecular flexibility index (Phi) is 1.81. The zero-order valence-electron chi connectivity index (χ0n) is 7.16. The van der Waals surface area contributed by atoms with Gasteiger partial charge in [-0.05, 0) is 13.8 Å². The smallest absolute Gasteiger partial charge is 0.346 e. The normalized spacial score (nSPS) is 20.6. The van der Waals surface area contributed by atoms with Crippen molar-refractivity contribution in [3.05, 3.63) is 0 Å². The first kappa shape index (κ1) is 8.60. The first-order chi connectivity index (χ1) is 5.50. The SMILES string of the molecule is C#CCN1C(=O)N=C(N)C1(C)C. The molecular formula is C8H11N3O. The number of rotatable bonds is 1. The number of hydrogen-bond acceptors (Lipinski definition) is 2. The van der Waals surface area contributed by atoms with Crippen molar-refractivity contribution in [1.29, 1.82) is 0 Å². The number of amides is 2. The Morgan fingerprint density at radius 1 is 1.75 bits per heavy atom. The predicted octanol–water partition coefficient (Wildman–Crippen LogP) is 0.191. The van der Waals surface area contributed by atoms with E-state index in [-0.39, 0.29) is 12.6 Å². The van der Waals surface area contributed by atoms with Gasteiger partial charge in [0, 0.05) is 0 Å². The molecule has 0 saturated carbocycles. The van der Waals surface area contributed by atoms with Crippen molar-refractivity contribution in [2.75, 3.05) is 6.54 Å². The highest BCUT2D eigenvalue weighted by atomic mass is 16.2. The van der Waals surface area contributed by atoms with Gasteiger partial charge >= 0.3 is 6.03 Å². The van der Waals surface area contributed by atoms with Crippen LogP contribution < -0.4 is 5.73 Å². The number of nitrogens with zero attached hydrogens (tertiary/aromatic N) is 2. The molecule has 0 atom stereocenters. The van der Waals surface area contributed by atoms with E-state index in [2.05, 4.69) is 10.9 Å². The van der Waals surface area contributed by atoms with Gasteiger partial charge in [0.1, 0.15) is 5.84 Å². The van der Waals surface area contributed by atoms with E-state index < -0.39 is 5.54 Å². The summed E-state index contributed by atoms with van der Waals surface area (Å²) in [5, 5.41) is 0. The second kappa shape index (κ2) is 2.52. The average molecular weight is 165 g/mol. The minimum absolute atomic E-state index is 0.246. The predicted molar refractivity (Wildman–Crippen MR) is 46.6 cm³/mol. The third kappa shape index (κ3) is 1.03. The van der Waals surface area contributed by atoms with Crippen LogP contribution in [0.3, 0.4) is 0 Å². The molecule has 1 rings (SSSR count). The van der Waals surface area contributed by atoms with Crippen LogP contribution in [-0.4, -0.2) is 28.9 Å². The Bertz CT molecular complexity index is 285. The maximum atomic E-state index is 11.2. The van der Waals surface area contributed by atoms with Crippen LogP contribution in [0.25, 0.3) is 0 Å². The zero-order valence-corrected chi connectivity index (χ0v) is 7.16. The summed E-state index contributed by atoms with van der Waals surface area (Å²) in [5.41, 5.74) is 5.00. The van der Waals surface area contributed by atoms with Crippen LogP contribution in [0.1, 0.15) is 13.8 Å². The zero-order chi connectivity index (χ0) is 9.35. The molecule has 0 bridgehead atoms. The summed E-state index contributed by atoms with van der Waals surface area (Å²) in [6, 6.07) is -0.351. The lowest BCUT2D eigenvalue weighted by molar-refractivity contribution is 0.195. The monoisotopic (exact) mass is 165 g/mol. The van der Waals surface area contributed by atoms with Crippen molar-refractivity contribution in [1.82, 2.24) is 4.90 Å². The van der Waals surface area contributed by atoms with Gasteiger partial charge in [-0.2, -0.15) is 4.99 Å². The molecule has 0 aromatic heterocycles. The molecule has 4 heteroatoms. The molecule has 0 aromatic carbocycles. The fraction of sp³-hybridized carbons (Fsp3) is 0.500. The third-order valence-corrected chi connectivity index (χ3v) is 2.00. The third-order valence-electron chi connectivity index (χ3n) is 2.00. The maximum Gasteiger partial charge on any atom is 0.346 e. The van der Waals surface area contributed by atoms with Gasteiger partial charge in [0.25, 0.3) is 0 Å². The summed E-state index contributed by atoms with van der Waals surface area (Å²) in [6.07, 6.45) is 5.10. The molecule has 0 saturated heterocycles. The molecule has 4 nitrogen and oxygen atoms in total. The average Bonchev–Trinajstić information content (AvgIpc) is 2.14. The Morgan fingerprint density at radius 3 is 2.67 bits per heavy atom. The van der Waals surface area contributed by atoms with Gasteiger partial charge in [-0.25, -0.2) is 4.79 Å². The van der Waals surface area contributed by atoms with Crippen molar-refractivity contribution in [2.24, 2.45) is 10.7 Å². The fourth-order valence-corrected chi connectivity index (χ4v) is 1.03. The highest BCUT2D eigenvalue weighted by Gasteiger charge is 2.39. The van der Waals surface area contributed by atoms with Crippen molar-refractivity contribution >= 4 is 11.9 Å². The first-order valence-electron chi connectivity index (χ1n) is 3.60. The second-order valence-corrected chi connectivity index (χ2v) is 3.13. The van der Waals surface area contributed by atoms with Crippen LogP contribution in [0.2, 0.25) is 0 Å². The lowest BCUT2D eigenvalue weighted by atomic mass is 10.0. The Hall–Kier alpha value is -1.50. The number of aliphatic imine (C=N–C) groups is 1. The molecule has 2 amide bonds. The van der Waals surface area contributed by atoms with Crippen LogP contribution >= 0.6 is 0 Å². The van der Waals surface area contributed by atoms with Crippen LogP contribution in [0.15, 0.2) is 4.99 Å². The molecule has 12 heavy (non-hydrogen) atoms. The quantitative estimate of drug-likeness (QED) is 0.564. The molecular weight excluding hydrogens is 154 g/mol. The topological polar surface area (TPSA) is 58.7 Å². The maximum absolute atomic E-state index is 11.2. The largest absolute Gasteiger partial charge is 0.385 e. The molecule has 0 aliphatic carbocycles. The van der Waals surface area contributed by atoms with Crippen LogP contribution in [0, 0.1) is 12.3 Å². The van der Waals surface area contributed by atoms with E-state index in [0.717, 1.165) is 0 Å². The van der Waals surface area contributed by atoms with Gasteiger partial charge in [-0.1, -0.05) is 5.92 Å². The van der Waals surface area contributed by atoms with Gasteiger partial charge in [0.2, 0.25) is 0 Å². The summed E-state index contributed by atoms with van der Waals surface area (Å²) >= 11 is 0. The van der Waals surface area contributed by atoms with Crippen LogP contribution in [0.5, 0.6) is 0 Å². The molecule has 0 unspecified atom stereocenters. The minimum Gasteiger partial charge on any atom is -0.385 e. The minimum atomic E-state index is -0.538. The standard InChI is InChI=1S/C8H11N3O/c1-4-5-11-7(12)10-6(9)8(11,2)3/h1H,5H2,2-3H3,(H2,9,10,12). The lowest BCUT2D eigenvalue weighted by Gasteiger charge is -2.28. The summed E-state index contributed by atoms with van der Waals surface area (Å²) in [7, 11) is 0. The summed E-state index contributed by atoms with van der Waals surface area (Å²) in [5.74, 6) is 2.71. The van der Waals surface area contributed by atoms with Crippen LogP contribution in [0.4, 0.5) is 4.79 Å².